The van der Waals surface area contributed by atoms with Gasteiger partial charge in [0.2, 0.25) is 0 Å². The van der Waals surface area contributed by atoms with Crippen molar-refractivity contribution in [2.75, 3.05) is 0 Å². The molecule has 2 aromatic carbocycles. The Morgan fingerprint density at radius 2 is 1.72 bits per heavy atom. The molecule has 1 atom stereocenters. The molecule has 0 saturated carbocycles. The predicted octanol–water partition coefficient (Wildman–Crippen LogP) is 4.86. The van der Waals surface area contributed by atoms with Crippen molar-refractivity contribution < 1.29 is 13.9 Å². The van der Waals surface area contributed by atoms with Crippen molar-refractivity contribution in [3.63, 3.8) is 0 Å². The Labute approximate surface area is 153 Å². The number of nitrogens with zero attached hydrogens (tertiary/aromatic N) is 1. The number of carbonyl (C=O) groups is 1. The highest BCUT2D eigenvalue weighted by molar-refractivity contribution is 9.10. The lowest BCUT2D eigenvalue weighted by Crippen LogP contribution is -2.15. The molecule has 0 bridgehead atoms. The molecule has 0 aliphatic heterocycles. The van der Waals surface area contributed by atoms with Crippen molar-refractivity contribution >= 4 is 21.9 Å². The van der Waals surface area contributed by atoms with Crippen molar-refractivity contribution in [3.05, 3.63) is 100 Å². The topological polar surface area (TPSA) is 39.2 Å². The molecule has 0 spiro atoms. The second kappa shape index (κ2) is 8.03. The molecule has 126 valence electrons. The van der Waals surface area contributed by atoms with Gasteiger partial charge in [0.25, 0.3) is 0 Å². The summed E-state index contributed by atoms with van der Waals surface area (Å²) >= 11 is 3.39. The molecule has 0 amide bonds. The van der Waals surface area contributed by atoms with Crippen molar-refractivity contribution in [2.45, 2.75) is 12.5 Å². The summed E-state index contributed by atoms with van der Waals surface area (Å²) in [6.07, 6.45) is 2.81. The number of hydrogen-bond acceptors (Lipinski definition) is 3. The van der Waals surface area contributed by atoms with Crippen LogP contribution in [0.5, 0.6) is 0 Å². The first-order valence-electron chi connectivity index (χ1n) is 7.71. The molecular formula is C20H15BrFNO2. The zero-order chi connectivity index (χ0) is 17.6. The van der Waals surface area contributed by atoms with Crippen LogP contribution in [-0.2, 0) is 16.0 Å². The maximum Gasteiger partial charge on any atom is 0.311 e. The van der Waals surface area contributed by atoms with Crippen LogP contribution in [0.1, 0.15) is 22.8 Å². The lowest BCUT2D eigenvalue weighted by molar-refractivity contribution is -0.146. The average Bonchev–Trinajstić information content (AvgIpc) is 2.61. The Morgan fingerprint density at radius 3 is 2.40 bits per heavy atom. The summed E-state index contributed by atoms with van der Waals surface area (Å²) in [7, 11) is 0. The third kappa shape index (κ3) is 4.73. The summed E-state index contributed by atoms with van der Waals surface area (Å²) < 4.78 is 19.8. The van der Waals surface area contributed by atoms with Gasteiger partial charge in [-0.2, -0.15) is 0 Å². The third-order valence-corrected chi connectivity index (χ3v) is 4.16. The van der Waals surface area contributed by atoms with E-state index in [2.05, 4.69) is 20.9 Å². The second-order valence-electron chi connectivity index (χ2n) is 5.51. The number of ether oxygens (including phenoxy) is 1. The van der Waals surface area contributed by atoms with Gasteiger partial charge in [-0.05, 0) is 47.5 Å². The highest BCUT2D eigenvalue weighted by Gasteiger charge is 2.19. The Hall–Kier alpha value is -2.53. The normalized spacial score (nSPS) is 11.8. The molecule has 1 unspecified atom stereocenters. The van der Waals surface area contributed by atoms with Gasteiger partial charge in [0.15, 0.2) is 6.10 Å². The summed E-state index contributed by atoms with van der Waals surface area (Å²) in [5.41, 5.74) is 2.34. The van der Waals surface area contributed by atoms with Crippen molar-refractivity contribution in [3.8, 4) is 0 Å². The van der Waals surface area contributed by atoms with Gasteiger partial charge in [0.1, 0.15) is 5.82 Å². The van der Waals surface area contributed by atoms with E-state index in [0.717, 1.165) is 15.6 Å². The summed E-state index contributed by atoms with van der Waals surface area (Å²) in [6, 6.07) is 17.0. The van der Waals surface area contributed by atoms with Crippen LogP contribution in [0, 0.1) is 5.82 Å². The number of esters is 1. The third-order valence-electron chi connectivity index (χ3n) is 3.67. The van der Waals surface area contributed by atoms with Crippen LogP contribution in [0.25, 0.3) is 0 Å². The van der Waals surface area contributed by atoms with E-state index >= 15 is 0 Å². The van der Waals surface area contributed by atoms with Crippen molar-refractivity contribution in [1.29, 1.82) is 0 Å². The minimum atomic E-state index is -0.608. The molecule has 0 aliphatic rings. The quantitative estimate of drug-likeness (QED) is 0.575. The zero-order valence-corrected chi connectivity index (χ0v) is 14.8. The molecule has 0 N–H and O–H groups in total. The van der Waals surface area contributed by atoms with Gasteiger partial charge < -0.3 is 4.74 Å². The Kier molecular flexibility index (Phi) is 5.56. The molecule has 0 aliphatic carbocycles. The van der Waals surface area contributed by atoms with E-state index in [1.54, 1.807) is 36.7 Å². The standard InChI is InChI=1S/C20H15BrFNO2/c21-17-3-1-2-14(12-17)13-19(24)25-20(16-8-10-23-11-9-16)15-4-6-18(22)7-5-15/h1-12,20H,13H2. The molecule has 1 heterocycles. The van der Waals surface area contributed by atoms with Crippen LogP contribution < -0.4 is 0 Å². The molecule has 5 heteroatoms. The number of aromatic nitrogens is 1. The van der Waals surface area contributed by atoms with Crippen LogP contribution in [0.2, 0.25) is 0 Å². The van der Waals surface area contributed by atoms with Crippen LogP contribution in [-0.4, -0.2) is 11.0 Å². The Bertz CT molecular complexity index is 853. The fourth-order valence-corrected chi connectivity index (χ4v) is 2.94. The minimum Gasteiger partial charge on any atom is -0.452 e. The first-order chi connectivity index (χ1) is 12.1. The zero-order valence-electron chi connectivity index (χ0n) is 13.2. The van der Waals surface area contributed by atoms with Crippen LogP contribution >= 0.6 is 15.9 Å². The molecule has 3 rings (SSSR count). The molecule has 3 aromatic rings. The van der Waals surface area contributed by atoms with Gasteiger partial charge in [-0.3, -0.25) is 9.78 Å². The average molecular weight is 400 g/mol. The largest absolute Gasteiger partial charge is 0.452 e. The molecule has 0 fully saturated rings. The maximum atomic E-state index is 13.2. The fourth-order valence-electron chi connectivity index (χ4n) is 2.49. The monoisotopic (exact) mass is 399 g/mol. The van der Waals surface area contributed by atoms with E-state index in [0.29, 0.717) is 5.56 Å². The summed E-state index contributed by atoms with van der Waals surface area (Å²) in [5.74, 6) is -0.693. The van der Waals surface area contributed by atoms with Gasteiger partial charge >= 0.3 is 5.97 Å². The van der Waals surface area contributed by atoms with Crippen LogP contribution in [0.15, 0.2) is 77.5 Å². The van der Waals surface area contributed by atoms with Crippen LogP contribution in [0.3, 0.4) is 0 Å². The molecular weight excluding hydrogens is 385 g/mol. The summed E-state index contributed by atoms with van der Waals surface area (Å²) in [5, 5.41) is 0. The highest BCUT2D eigenvalue weighted by Crippen LogP contribution is 2.26. The molecule has 25 heavy (non-hydrogen) atoms. The Morgan fingerprint density at radius 1 is 1.04 bits per heavy atom. The number of hydrogen-bond donors (Lipinski definition) is 0. The lowest BCUT2D eigenvalue weighted by atomic mass is 10.0. The van der Waals surface area contributed by atoms with Gasteiger partial charge in [-0.25, -0.2) is 4.39 Å². The Balaban J connectivity index is 1.82. The lowest BCUT2D eigenvalue weighted by Gasteiger charge is -2.19. The van der Waals surface area contributed by atoms with E-state index in [1.165, 1.54) is 12.1 Å². The number of carbonyl (C=O) groups excluding carboxylic acids is 1. The summed E-state index contributed by atoms with van der Waals surface area (Å²) in [4.78, 5) is 16.4. The first-order valence-corrected chi connectivity index (χ1v) is 8.50. The number of halogens is 2. The van der Waals surface area contributed by atoms with Gasteiger partial charge in [-0.1, -0.05) is 40.2 Å². The maximum absolute atomic E-state index is 13.2. The van der Waals surface area contributed by atoms with Gasteiger partial charge in [-0.15, -0.1) is 0 Å². The number of pyridine rings is 1. The van der Waals surface area contributed by atoms with E-state index in [-0.39, 0.29) is 18.2 Å². The highest BCUT2D eigenvalue weighted by atomic mass is 79.9. The molecule has 0 radical (unpaired) electrons. The summed E-state index contributed by atoms with van der Waals surface area (Å²) in [6.45, 7) is 0. The van der Waals surface area contributed by atoms with E-state index in [9.17, 15) is 9.18 Å². The number of rotatable bonds is 5. The van der Waals surface area contributed by atoms with Crippen molar-refractivity contribution in [1.82, 2.24) is 4.98 Å². The minimum absolute atomic E-state index is 0.155. The van der Waals surface area contributed by atoms with Gasteiger partial charge in [0.05, 0.1) is 6.42 Å². The number of benzene rings is 2. The predicted molar refractivity (Wildman–Crippen MR) is 96.4 cm³/mol. The van der Waals surface area contributed by atoms with Gasteiger partial charge in [0, 0.05) is 22.4 Å². The fraction of sp³-hybridized carbons (Fsp3) is 0.100. The smallest absolute Gasteiger partial charge is 0.311 e. The van der Waals surface area contributed by atoms with E-state index in [1.807, 2.05) is 24.3 Å². The molecule has 1 aromatic heterocycles. The van der Waals surface area contributed by atoms with Crippen LogP contribution in [0.4, 0.5) is 4.39 Å². The molecule has 0 saturated heterocycles. The molecule has 3 nitrogen and oxygen atoms in total. The van der Waals surface area contributed by atoms with E-state index < -0.39 is 6.10 Å². The SMILES string of the molecule is O=C(Cc1cccc(Br)c1)OC(c1ccncc1)c1ccc(F)cc1. The van der Waals surface area contributed by atoms with E-state index in [4.69, 9.17) is 4.74 Å². The van der Waals surface area contributed by atoms with Crippen molar-refractivity contribution in [2.24, 2.45) is 0 Å². The first kappa shape index (κ1) is 17.3. The second-order valence-corrected chi connectivity index (χ2v) is 6.42.